The molecule has 3 atom stereocenters. The first-order chi connectivity index (χ1) is 26.1. The van der Waals surface area contributed by atoms with Gasteiger partial charge in [-0.05, 0) is 68.4 Å². The molecule has 0 saturated carbocycles. The van der Waals surface area contributed by atoms with Crippen LogP contribution in [-0.2, 0) is 9.53 Å². The van der Waals surface area contributed by atoms with E-state index >= 15 is 0 Å². The minimum atomic E-state index is -2.03. The van der Waals surface area contributed by atoms with Gasteiger partial charge >= 0.3 is 12.0 Å². The highest BCUT2D eigenvalue weighted by molar-refractivity contribution is 8.00. The lowest BCUT2D eigenvalue weighted by atomic mass is 10.0. The Kier molecular flexibility index (Phi) is 14.8. The van der Waals surface area contributed by atoms with Gasteiger partial charge in [0.05, 0.1) is 24.2 Å². The molecule has 19 heteroatoms. The van der Waals surface area contributed by atoms with Gasteiger partial charge in [0.25, 0.3) is 0 Å². The summed E-state index contributed by atoms with van der Waals surface area (Å²) in [5, 5.41) is 16.7. The molecule has 3 amide bonds. The molecule has 13 nitrogen and oxygen atoms in total. The molecule has 2 aromatic carbocycles. The van der Waals surface area contributed by atoms with Crippen molar-refractivity contribution in [3.05, 3.63) is 74.8 Å². The van der Waals surface area contributed by atoms with Gasteiger partial charge < -0.3 is 30.9 Å². The van der Waals surface area contributed by atoms with Crippen molar-refractivity contribution >= 4 is 63.5 Å². The number of thioether (sulfide) groups is 1. The summed E-state index contributed by atoms with van der Waals surface area (Å²) in [6.45, 7) is 2.17. The van der Waals surface area contributed by atoms with Crippen LogP contribution in [0.2, 0.25) is 5.02 Å². The van der Waals surface area contributed by atoms with Gasteiger partial charge in [-0.1, -0.05) is 23.1 Å². The molecule has 0 bridgehead atoms. The number of nitrogens with one attached hydrogen (secondary N) is 4. The van der Waals surface area contributed by atoms with Crippen molar-refractivity contribution in [1.82, 2.24) is 25.8 Å². The second-order valence-electron chi connectivity index (χ2n) is 12.9. The van der Waals surface area contributed by atoms with Crippen molar-refractivity contribution in [2.24, 2.45) is 5.11 Å². The summed E-state index contributed by atoms with van der Waals surface area (Å²) < 4.78 is 62.1. The number of urea groups is 1. The second-order valence-corrected chi connectivity index (χ2v) is 14.6. The Labute approximate surface area is 317 Å². The normalized spacial score (nSPS) is 17.5. The molecule has 3 aromatic rings. The van der Waals surface area contributed by atoms with Crippen LogP contribution in [0.25, 0.3) is 21.3 Å². The van der Waals surface area contributed by atoms with Gasteiger partial charge in [0, 0.05) is 70.8 Å². The van der Waals surface area contributed by atoms with Crippen LogP contribution in [0.1, 0.15) is 55.3 Å². The van der Waals surface area contributed by atoms with Crippen LogP contribution >= 0.6 is 23.4 Å². The zero-order valence-corrected chi connectivity index (χ0v) is 30.8. The summed E-state index contributed by atoms with van der Waals surface area (Å²) in [5.74, 6) is -8.88. The van der Waals surface area contributed by atoms with Gasteiger partial charge in [-0.3, -0.25) is 9.78 Å². The van der Waals surface area contributed by atoms with Crippen LogP contribution in [0.3, 0.4) is 0 Å². The van der Waals surface area contributed by atoms with Gasteiger partial charge in [0.2, 0.25) is 5.91 Å². The van der Waals surface area contributed by atoms with E-state index in [9.17, 15) is 31.9 Å². The number of azide groups is 1. The zero-order valence-electron chi connectivity index (χ0n) is 29.2. The topological polar surface area (TPSA) is 173 Å². The molecule has 2 aliphatic heterocycles. The van der Waals surface area contributed by atoms with Gasteiger partial charge in [-0.2, -0.15) is 11.8 Å². The number of hydrogen-bond donors (Lipinski definition) is 4. The molecule has 290 valence electrons. The Bertz CT molecular complexity index is 1860. The summed E-state index contributed by atoms with van der Waals surface area (Å²) in [7, 11) is 0. The maximum absolute atomic E-state index is 14.4. The molecule has 4 N–H and O–H groups in total. The van der Waals surface area contributed by atoms with E-state index in [1.807, 2.05) is 28.8 Å². The average molecular weight is 794 g/mol. The molecule has 0 spiro atoms. The van der Waals surface area contributed by atoms with Crippen molar-refractivity contribution in [2.75, 3.05) is 50.4 Å². The van der Waals surface area contributed by atoms with E-state index in [4.69, 9.17) is 21.9 Å². The van der Waals surface area contributed by atoms with E-state index in [-0.39, 0.29) is 37.0 Å². The smallest absolute Gasteiger partial charge is 0.344 e. The summed E-state index contributed by atoms with van der Waals surface area (Å²) in [5.41, 5.74) is 7.02. The maximum atomic E-state index is 14.4. The minimum Gasteiger partial charge on any atom is -0.462 e. The number of halogens is 5. The molecule has 3 heterocycles. The molecule has 3 unspecified atom stereocenters. The molecule has 1 aromatic heterocycles. The fourth-order valence-corrected chi connectivity index (χ4v) is 8.18. The third-order valence-electron chi connectivity index (χ3n) is 9.19. The molecule has 2 aliphatic rings. The third-order valence-corrected chi connectivity index (χ3v) is 10.9. The van der Waals surface area contributed by atoms with Gasteiger partial charge in [0.1, 0.15) is 11.3 Å². The van der Waals surface area contributed by atoms with Crippen LogP contribution in [-0.4, -0.2) is 90.2 Å². The summed E-state index contributed by atoms with van der Waals surface area (Å²) in [4.78, 5) is 45.2. The molecule has 2 fully saturated rings. The Hall–Kier alpha value is -4.51. The van der Waals surface area contributed by atoms with Gasteiger partial charge in [-0.25, -0.2) is 27.2 Å². The highest BCUT2D eigenvalue weighted by Crippen LogP contribution is 2.33. The monoisotopic (exact) mass is 793 g/mol. The highest BCUT2D eigenvalue weighted by Gasteiger charge is 2.42. The maximum Gasteiger partial charge on any atom is 0.344 e. The average Bonchev–Trinajstić information content (AvgIpc) is 3.71. The van der Waals surface area contributed by atoms with Gasteiger partial charge in [-0.15, -0.1) is 0 Å². The van der Waals surface area contributed by atoms with E-state index in [1.54, 1.807) is 18.3 Å². The molecular formula is C35H40ClF4N9O4S. The van der Waals surface area contributed by atoms with Crippen molar-refractivity contribution < 1.29 is 36.7 Å². The zero-order chi connectivity index (χ0) is 38.6. The molecule has 54 heavy (non-hydrogen) atoms. The number of pyridine rings is 1. The number of carbonyl (C=O) groups is 3. The molecule has 5 rings (SSSR count). The lowest BCUT2D eigenvalue weighted by molar-refractivity contribution is -0.121. The molecule has 2 saturated heterocycles. The van der Waals surface area contributed by atoms with E-state index < -0.39 is 40.5 Å². The number of hydrogen-bond acceptors (Lipinski definition) is 9. The van der Waals surface area contributed by atoms with Crippen LogP contribution in [0.5, 0.6) is 0 Å². The Morgan fingerprint density at radius 3 is 2.57 bits per heavy atom. The second kappa shape index (κ2) is 19.7. The van der Waals surface area contributed by atoms with Crippen molar-refractivity contribution in [3.63, 3.8) is 0 Å². The lowest BCUT2D eigenvalue weighted by Gasteiger charge is -2.23. The predicted molar refractivity (Wildman–Crippen MR) is 198 cm³/mol. The lowest BCUT2D eigenvalue weighted by Crippen LogP contribution is -2.37. The first kappa shape index (κ1) is 40.7. The third kappa shape index (κ3) is 10.6. The number of benzene rings is 2. The first-order valence-electron chi connectivity index (χ1n) is 17.6. The number of unbranched alkanes of at least 4 members (excludes halogenated alkanes) is 2. The number of ether oxygens (including phenoxy) is 1. The van der Waals surface area contributed by atoms with Gasteiger partial charge in [0.15, 0.2) is 23.3 Å². The van der Waals surface area contributed by atoms with Crippen molar-refractivity contribution in [3.8, 4) is 0 Å². The predicted octanol–water partition coefficient (Wildman–Crippen LogP) is 6.97. The Balaban J connectivity index is 1.07. The van der Waals surface area contributed by atoms with Crippen molar-refractivity contribution in [2.45, 2.75) is 62.3 Å². The quantitative estimate of drug-likeness (QED) is 0.0139. The number of fused-ring (bicyclic) bond motifs is 2. The van der Waals surface area contributed by atoms with E-state index in [1.165, 1.54) is 0 Å². The number of amides is 3. The number of esters is 1. The van der Waals surface area contributed by atoms with Crippen LogP contribution in [0, 0.1) is 23.3 Å². The van der Waals surface area contributed by atoms with Crippen LogP contribution < -0.4 is 21.3 Å². The van der Waals surface area contributed by atoms with Crippen LogP contribution in [0.15, 0.2) is 35.6 Å². The Morgan fingerprint density at radius 2 is 1.80 bits per heavy atom. The summed E-state index contributed by atoms with van der Waals surface area (Å²) >= 11 is 7.93. The number of aromatic nitrogens is 1. The first-order valence-corrected chi connectivity index (χ1v) is 19.0. The van der Waals surface area contributed by atoms with E-state index in [2.05, 4.69) is 36.3 Å². The van der Waals surface area contributed by atoms with Crippen LogP contribution in [0.4, 0.5) is 33.7 Å². The SMILES string of the molecule is [N-]=[N+]=Nc1c(F)c(F)c(C(=O)OCCCN(CCCCNc2ccnc3cc(Cl)ccc23)CCNC(=O)CCCCC2SCC3NC(=O)NC32)c(F)c1F. The number of rotatable bonds is 20. The summed E-state index contributed by atoms with van der Waals surface area (Å²) in [6.07, 6.45) is 6.32. The van der Waals surface area contributed by atoms with Crippen molar-refractivity contribution in [1.29, 1.82) is 0 Å². The fourth-order valence-electron chi connectivity index (χ4n) is 6.47. The molecular weight excluding hydrogens is 754 g/mol. The highest BCUT2D eigenvalue weighted by atomic mass is 35.5. The van der Waals surface area contributed by atoms with E-state index in [0.29, 0.717) is 55.8 Å². The standard InChI is InChI=1S/C35H40ClF4N9O4S/c36-20-8-9-21-22(10-12-43-23(21)18-20)42-11-3-4-14-49(15-5-17-53-34(51)27-28(37)30(39)33(47-48-41)31(40)29(27)38)16-13-44-26(50)7-2-1-6-25-32-24(19-54-25)45-35(52)46-32/h8-10,12,18,24-25,32H,1-7,11,13-17,19H2,(H,42,43)(H,44,50)(H2,45,46,52). The largest absolute Gasteiger partial charge is 0.462 e. The Morgan fingerprint density at radius 1 is 1.02 bits per heavy atom. The summed E-state index contributed by atoms with van der Waals surface area (Å²) in [6, 6.07) is 7.55. The number of carbonyl (C=O) groups excluding carboxylic acids is 3. The number of nitrogens with zero attached hydrogens (tertiary/aromatic N) is 5. The minimum absolute atomic E-state index is 0.0817. The molecule has 0 radical (unpaired) electrons. The fraction of sp³-hybridized carbons (Fsp3) is 0.486. The van der Waals surface area contributed by atoms with E-state index in [0.717, 1.165) is 48.0 Å². The molecule has 0 aliphatic carbocycles. The number of anilines is 1.